The molecule has 0 bridgehead atoms. The Balaban J connectivity index is 2.21. The van der Waals surface area contributed by atoms with E-state index in [4.69, 9.17) is 15.9 Å². The topological polar surface area (TPSA) is 84.9 Å². The molecule has 1 heterocycles. The highest BCUT2D eigenvalue weighted by molar-refractivity contribution is 7.98. The Hall–Kier alpha value is -2.08. The summed E-state index contributed by atoms with van der Waals surface area (Å²) in [5.74, 6) is 1.48. The highest BCUT2D eigenvalue weighted by atomic mass is 32.2. The molecule has 0 aliphatic rings. The van der Waals surface area contributed by atoms with Crippen LogP contribution in [0.15, 0.2) is 29.4 Å². The second-order valence-electron chi connectivity index (χ2n) is 4.66. The summed E-state index contributed by atoms with van der Waals surface area (Å²) in [5.41, 5.74) is 9.10. The molecule has 0 saturated carbocycles. The summed E-state index contributed by atoms with van der Waals surface area (Å²) in [7, 11) is 1.63. The number of aromatic nitrogens is 2. The van der Waals surface area contributed by atoms with E-state index >= 15 is 0 Å². The quantitative estimate of drug-likeness (QED) is 0.384. The minimum atomic E-state index is 0.0477. The summed E-state index contributed by atoms with van der Waals surface area (Å²) in [6, 6.07) is 7.43. The Morgan fingerprint density at radius 3 is 2.48 bits per heavy atom. The maximum absolute atomic E-state index is 7.52. The van der Waals surface area contributed by atoms with Gasteiger partial charge in [0.15, 0.2) is 5.16 Å². The van der Waals surface area contributed by atoms with Gasteiger partial charge in [0, 0.05) is 28.3 Å². The van der Waals surface area contributed by atoms with Gasteiger partial charge in [-0.05, 0) is 38.1 Å². The van der Waals surface area contributed by atoms with E-state index in [9.17, 15) is 0 Å². The van der Waals surface area contributed by atoms with E-state index in [2.05, 4.69) is 9.97 Å². The van der Waals surface area contributed by atoms with Gasteiger partial charge in [0.05, 0.1) is 7.11 Å². The van der Waals surface area contributed by atoms with Crippen molar-refractivity contribution in [2.75, 3.05) is 7.11 Å². The number of nitrogen functional groups attached to an aromatic ring is 1. The van der Waals surface area contributed by atoms with Crippen LogP contribution in [0.5, 0.6) is 5.75 Å². The third kappa shape index (κ3) is 3.95. The number of nitrogens with two attached hydrogens (primary N) is 1. The zero-order valence-corrected chi connectivity index (χ0v) is 13.1. The lowest BCUT2D eigenvalue weighted by Gasteiger charge is -2.10. The Morgan fingerprint density at radius 1 is 1.24 bits per heavy atom. The van der Waals surface area contributed by atoms with Gasteiger partial charge in [-0.15, -0.1) is 0 Å². The van der Waals surface area contributed by atoms with E-state index in [0.717, 1.165) is 27.9 Å². The molecule has 110 valence electrons. The van der Waals surface area contributed by atoms with Crippen LogP contribution >= 0.6 is 11.8 Å². The minimum absolute atomic E-state index is 0.0477. The summed E-state index contributed by atoms with van der Waals surface area (Å²) in [4.78, 5) is 8.81. The van der Waals surface area contributed by atoms with Crippen molar-refractivity contribution in [2.45, 2.75) is 24.8 Å². The van der Waals surface area contributed by atoms with E-state index in [0.29, 0.717) is 11.3 Å². The van der Waals surface area contributed by atoms with Gasteiger partial charge in [-0.2, -0.15) is 0 Å². The number of nitrogens with one attached hydrogen (secondary N) is 1. The summed E-state index contributed by atoms with van der Waals surface area (Å²) >= 11 is 1.54. The van der Waals surface area contributed by atoms with Crippen LogP contribution in [0, 0.1) is 19.3 Å². The van der Waals surface area contributed by atoms with Crippen LogP contribution < -0.4 is 10.5 Å². The predicted octanol–water partition coefficient (Wildman–Crippen LogP) is 2.68. The zero-order valence-electron chi connectivity index (χ0n) is 12.3. The molecule has 0 aliphatic heterocycles. The average molecular weight is 302 g/mol. The lowest BCUT2D eigenvalue weighted by Crippen LogP contribution is -2.11. The number of rotatable bonds is 5. The van der Waals surface area contributed by atoms with Gasteiger partial charge in [0.2, 0.25) is 0 Å². The minimum Gasteiger partial charge on any atom is -0.496 e. The second-order valence-corrected chi connectivity index (χ2v) is 5.60. The summed E-state index contributed by atoms with van der Waals surface area (Å²) < 4.78 is 5.35. The number of ether oxygens (including phenoxy) is 1. The fourth-order valence-electron chi connectivity index (χ4n) is 1.96. The van der Waals surface area contributed by atoms with Crippen molar-refractivity contribution in [1.82, 2.24) is 9.97 Å². The van der Waals surface area contributed by atoms with Crippen molar-refractivity contribution < 1.29 is 4.74 Å². The number of aryl methyl sites for hydroxylation is 2. The molecule has 21 heavy (non-hydrogen) atoms. The number of amidine groups is 1. The summed E-state index contributed by atoms with van der Waals surface area (Å²) in [6.07, 6.45) is 0. The number of benzene rings is 1. The molecular formula is C15H18N4OS. The lowest BCUT2D eigenvalue weighted by atomic mass is 10.1. The van der Waals surface area contributed by atoms with E-state index in [-0.39, 0.29) is 5.84 Å². The largest absolute Gasteiger partial charge is 0.496 e. The SMILES string of the molecule is COc1ccc(C(=N)N)cc1CSc1nc(C)cc(C)n1. The molecule has 0 fully saturated rings. The Bertz CT molecular complexity index is 652. The zero-order chi connectivity index (χ0) is 15.4. The van der Waals surface area contributed by atoms with Crippen molar-refractivity contribution in [1.29, 1.82) is 5.41 Å². The van der Waals surface area contributed by atoms with Gasteiger partial charge in [0.1, 0.15) is 11.6 Å². The fourth-order valence-corrected chi connectivity index (χ4v) is 2.89. The number of thioether (sulfide) groups is 1. The molecule has 0 amide bonds. The molecule has 0 spiro atoms. The van der Waals surface area contributed by atoms with E-state index in [1.807, 2.05) is 32.0 Å². The van der Waals surface area contributed by atoms with Gasteiger partial charge in [-0.3, -0.25) is 5.41 Å². The standard InChI is InChI=1S/C15H18N4OS/c1-9-6-10(2)19-15(18-9)21-8-12-7-11(14(16)17)4-5-13(12)20-3/h4-7H,8H2,1-3H3,(H3,16,17). The van der Waals surface area contributed by atoms with Crippen LogP contribution in [-0.2, 0) is 5.75 Å². The first kappa shape index (κ1) is 15.3. The Kier molecular flexibility index (Phi) is 4.80. The van der Waals surface area contributed by atoms with Crippen LogP contribution in [-0.4, -0.2) is 22.9 Å². The van der Waals surface area contributed by atoms with Crippen LogP contribution in [0.1, 0.15) is 22.5 Å². The lowest BCUT2D eigenvalue weighted by molar-refractivity contribution is 0.411. The van der Waals surface area contributed by atoms with Crippen LogP contribution in [0.3, 0.4) is 0 Å². The molecule has 1 aromatic heterocycles. The van der Waals surface area contributed by atoms with Gasteiger partial charge < -0.3 is 10.5 Å². The first-order valence-corrected chi connectivity index (χ1v) is 7.44. The van der Waals surface area contributed by atoms with Crippen LogP contribution in [0.2, 0.25) is 0 Å². The van der Waals surface area contributed by atoms with Crippen molar-refractivity contribution in [3.63, 3.8) is 0 Å². The molecule has 2 rings (SSSR count). The van der Waals surface area contributed by atoms with Gasteiger partial charge in [-0.25, -0.2) is 9.97 Å². The monoisotopic (exact) mass is 302 g/mol. The van der Waals surface area contributed by atoms with Crippen molar-refractivity contribution in [3.8, 4) is 5.75 Å². The molecule has 5 nitrogen and oxygen atoms in total. The third-order valence-corrected chi connectivity index (χ3v) is 3.81. The van der Waals surface area contributed by atoms with Gasteiger partial charge in [0.25, 0.3) is 0 Å². The molecule has 0 atom stereocenters. The number of nitrogens with zero attached hydrogens (tertiary/aromatic N) is 2. The van der Waals surface area contributed by atoms with Crippen LogP contribution in [0.25, 0.3) is 0 Å². The van der Waals surface area contributed by atoms with Gasteiger partial charge >= 0.3 is 0 Å². The second kappa shape index (κ2) is 6.58. The van der Waals surface area contributed by atoms with Crippen molar-refractivity contribution >= 4 is 17.6 Å². The third-order valence-electron chi connectivity index (χ3n) is 2.91. The molecular weight excluding hydrogens is 284 g/mol. The smallest absolute Gasteiger partial charge is 0.188 e. The number of hydrogen-bond acceptors (Lipinski definition) is 5. The average Bonchev–Trinajstić information content (AvgIpc) is 2.43. The first-order valence-electron chi connectivity index (χ1n) is 6.46. The molecule has 0 unspecified atom stereocenters. The van der Waals surface area contributed by atoms with Crippen molar-refractivity contribution in [3.05, 3.63) is 46.8 Å². The van der Waals surface area contributed by atoms with Crippen LogP contribution in [0.4, 0.5) is 0 Å². The van der Waals surface area contributed by atoms with Gasteiger partial charge in [-0.1, -0.05) is 11.8 Å². The summed E-state index contributed by atoms with van der Waals surface area (Å²) in [5, 5.41) is 8.26. The number of hydrogen-bond donors (Lipinski definition) is 2. The highest BCUT2D eigenvalue weighted by Crippen LogP contribution is 2.27. The van der Waals surface area contributed by atoms with E-state index in [1.165, 1.54) is 11.8 Å². The Morgan fingerprint density at radius 2 is 1.90 bits per heavy atom. The maximum Gasteiger partial charge on any atom is 0.188 e. The van der Waals surface area contributed by atoms with E-state index in [1.54, 1.807) is 13.2 Å². The molecule has 2 aromatic rings. The fraction of sp³-hybridized carbons (Fsp3) is 0.267. The first-order chi connectivity index (χ1) is 9.99. The van der Waals surface area contributed by atoms with Crippen molar-refractivity contribution in [2.24, 2.45) is 5.73 Å². The molecule has 6 heteroatoms. The molecule has 0 radical (unpaired) electrons. The summed E-state index contributed by atoms with van der Waals surface area (Å²) in [6.45, 7) is 3.91. The molecule has 0 aliphatic carbocycles. The highest BCUT2D eigenvalue weighted by Gasteiger charge is 2.08. The maximum atomic E-state index is 7.52. The normalized spacial score (nSPS) is 10.4. The number of methoxy groups -OCH3 is 1. The Labute approximate surface area is 128 Å². The predicted molar refractivity (Wildman–Crippen MR) is 85.1 cm³/mol. The molecule has 1 aromatic carbocycles. The molecule has 0 saturated heterocycles. The van der Waals surface area contributed by atoms with E-state index < -0.39 is 0 Å². The molecule has 3 N–H and O–H groups in total.